The van der Waals surface area contributed by atoms with Crippen molar-refractivity contribution in [2.75, 3.05) is 31.6 Å². The number of nitrogens with zero attached hydrogens (tertiary/aromatic N) is 1. The van der Waals surface area contributed by atoms with E-state index in [9.17, 15) is 13.6 Å². The first kappa shape index (κ1) is 16.5. The van der Waals surface area contributed by atoms with Gasteiger partial charge in [0, 0.05) is 12.2 Å². The summed E-state index contributed by atoms with van der Waals surface area (Å²) in [5, 5.41) is 11.4. The fourth-order valence-electron chi connectivity index (χ4n) is 1.80. The van der Waals surface area contributed by atoms with Gasteiger partial charge in [0.2, 0.25) is 5.91 Å². The van der Waals surface area contributed by atoms with Gasteiger partial charge in [0.1, 0.15) is 0 Å². The molecular formula is C14H20F2N2O2. The van der Waals surface area contributed by atoms with Crippen molar-refractivity contribution in [2.45, 2.75) is 19.8 Å². The topological polar surface area (TPSA) is 52.6 Å². The van der Waals surface area contributed by atoms with Gasteiger partial charge in [-0.25, -0.2) is 8.78 Å². The van der Waals surface area contributed by atoms with Gasteiger partial charge in [-0.3, -0.25) is 9.69 Å². The van der Waals surface area contributed by atoms with Gasteiger partial charge >= 0.3 is 0 Å². The van der Waals surface area contributed by atoms with E-state index >= 15 is 0 Å². The van der Waals surface area contributed by atoms with E-state index in [2.05, 4.69) is 5.32 Å². The lowest BCUT2D eigenvalue weighted by Gasteiger charge is -2.20. The number of alkyl halides is 2. The number of rotatable bonds is 8. The third-order valence-electron chi connectivity index (χ3n) is 2.83. The number of hydrogen-bond donors (Lipinski definition) is 2. The number of aliphatic hydroxyl groups is 1. The van der Waals surface area contributed by atoms with Crippen LogP contribution in [0.3, 0.4) is 0 Å². The van der Waals surface area contributed by atoms with E-state index in [-0.39, 0.29) is 25.6 Å². The lowest BCUT2D eigenvalue weighted by atomic mass is 10.1. The highest BCUT2D eigenvalue weighted by Gasteiger charge is 2.15. The molecule has 1 rings (SSSR count). The molecule has 1 aromatic rings. The Balaban J connectivity index is 2.51. The Hall–Kier alpha value is -1.53. The Morgan fingerprint density at radius 3 is 2.50 bits per heavy atom. The summed E-state index contributed by atoms with van der Waals surface area (Å²) in [6, 6.07) is 7.36. The summed E-state index contributed by atoms with van der Waals surface area (Å²) in [5.74, 6) is -0.372. The van der Waals surface area contributed by atoms with Crippen LogP contribution in [0.2, 0.25) is 0 Å². The molecule has 0 unspecified atom stereocenters. The van der Waals surface area contributed by atoms with Gasteiger partial charge in [-0.1, -0.05) is 19.1 Å². The van der Waals surface area contributed by atoms with Crippen LogP contribution in [0.1, 0.15) is 12.5 Å². The van der Waals surface area contributed by atoms with Crippen LogP contribution in [0.15, 0.2) is 24.3 Å². The van der Waals surface area contributed by atoms with Crippen molar-refractivity contribution in [3.05, 3.63) is 29.8 Å². The lowest BCUT2D eigenvalue weighted by molar-refractivity contribution is -0.117. The smallest absolute Gasteiger partial charge is 0.251 e. The van der Waals surface area contributed by atoms with Crippen LogP contribution < -0.4 is 5.32 Å². The highest BCUT2D eigenvalue weighted by Crippen LogP contribution is 2.10. The number of nitrogens with one attached hydrogen (secondary N) is 1. The predicted molar refractivity (Wildman–Crippen MR) is 74.0 cm³/mol. The molecule has 6 heteroatoms. The second kappa shape index (κ2) is 8.60. The number of hydrogen-bond acceptors (Lipinski definition) is 3. The third kappa shape index (κ3) is 6.08. The molecule has 0 radical (unpaired) electrons. The number of amides is 1. The van der Waals surface area contributed by atoms with E-state index in [0.717, 1.165) is 12.0 Å². The van der Waals surface area contributed by atoms with Crippen molar-refractivity contribution < 1.29 is 18.7 Å². The van der Waals surface area contributed by atoms with Crippen LogP contribution in [0, 0.1) is 0 Å². The van der Waals surface area contributed by atoms with Crippen LogP contribution in [-0.2, 0) is 11.2 Å². The molecule has 0 saturated carbocycles. The van der Waals surface area contributed by atoms with E-state index in [4.69, 9.17) is 5.11 Å². The Labute approximate surface area is 117 Å². The molecule has 20 heavy (non-hydrogen) atoms. The van der Waals surface area contributed by atoms with E-state index in [1.165, 1.54) is 4.90 Å². The zero-order valence-corrected chi connectivity index (χ0v) is 11.5. The quantitative estimate of drug-likeness (QED) is 0.765. The maximum absolute atomic E-state index is 12.3. The number of halogens is 2. The molecule has 0 aliphatic carbocycles. The summed E-state index contributed by atoms with van der Waals surface area (Å²) < 4.78 is 24.6. The molecule has 0 fully saturated rings. The normalized spacial score (nSPS) is 11.1. The number of anilines is 1. The highest BCUT2D eigenvalue weighted by atomic mass is 19.3. The van der Waals surface area contributed by atoms with Gasteiger partial charge in [0.05, 0.1) is 19.7 Å². The van der Waals surface area contributed by atoms with Gasteiger partial charge in [-0.05, 0) is 24.1 Å². The molecule has 0 heterocycles. The largest absolute Gasteiger partial charge is 0.395 e. The van der Waals surface area contributed by atoms with Crippen molar-refractivity contribution in [3.63, 3.8) is 0 Å². The maximum Gasteiger partial charge on any atom is 0.251 e. The first-order chi connectivity index (χ1) is 9.55. The molecule has 112 valence electrons. The SMILES string of the molecule is CCc1ccc(NC(=O)CN(CCO)CC(F)F)cc1. The average Bonchev–Trinajstić information content (AvgIpc) is 2.39. The predicted octanol–water partition coefficient (Wildman–Crippen LogP) is 1.75. The maximum atomic E-state index is 12.3. The first-order valence-electron chi connectivity index (χ1n) is 6.55. The minimum absolute atomic E-state index is 0.0481. The zero-order chi connectivity index (χ0) is 15.0. The summed E-state index contributed by atoms with van der Waals surface area (Å²) in [6.45, 7) is 1.13. The molecule has 4 nitrogen and oxygen atoms in total. The Morgan fingerprint density at radius 2 is 2.00 bits per heavy atom. The van der Waals surface area contributed by atoms with Gasteiger partial charge in [-0.2, -0.15) is 0 Å². The average molecular weight is 286 g/mol. The fourth-order valence-corrected chi connectivity index (χ4v) is 1.80. The van der Waals surface area contributed by atoms with Crippen molar-refractivity contribution in [2.24, 2.45) is 0 Å². The minimum Gasteiger partial charge on any atom is -0.395 e. The van der Waals surface area contributed by atoms with Crippen LogP contribution in [-0.4, -0.2) is 48.6 Å². The number of carbonyl (C=O) groups is 1. The van der Waals surface area contributed by atoms with Gasteiger partial charge in [-0.15, -0.1) is 0 Å². The molecular weight excluding hydrogens is 266 g/mol. The molecule has 1 aromatic carbocycles. The molecule has 0 atom stereocenters. The van der Waals surface area contributed by atoms with Crippen LogP contribution in [0.25, 0.3) is 0 Å². The molecule has 0 aliphatic heterocycles. The lowest BCUT2D eigenvalue weighted by Crippen LogP contribution is -2.38. The first-order valence-corrected chi connectivity index (χ1v) is 6.55. The summed E-state index contributed by atoms with van der Waals surface area (Å²) in [5.41, 5.74) is 1.79. The standard InChI is InChI=1S/C14H20F2N2O2/c1-2-11-3-5-12(6-4-11)17-14(20)10-18(7-8-19)9-13(15)16/h3-6,13,19H,2,7-10H2,1H3,(H,17,20). The van der Waals surface area contributed by atoms with E-state index in [1.54, 1.807) is 12.1 Å². The second-order valence-corrected chi connectivity index (χ2v) is 4.45. The van der Waals surface area contributed by atoms with Crippen molar-refractivity contribution in [1.82, 2.24) is 4.90 Å². The molecule has 0 saturated heterocycles. The molecule has 0 bridgehead atoms. The van der Waals surface area contributed by atoms with Crippen LogP contribution in [0.5, 0.6) is 0 Å². The molecule has 2 N–H and O–H groups in total. The van der Waals surface area contributed by atoms with E-state index in [1.807, 2.05) is 19.1 Å². The Kier molecular flexibility index (Phi) is 7.11. The van der Waals surface area contributed by atoms with Crippen LogP contribution >= 0.6 is 0 Å². The van der Waals surface area contributed by atoms with Crippen molar-refractivity contribution in [1.29, 1.82) is 0 Å². The monoisotopic (exact) mass is 286 g/mol. The summed E-state index contributed by atoms with van der Waals surface area (Å²) in [4.78, 5) is 13.0. The van der Waals surface area contributed by atoms with Crippen LogP contribution in [0.4, 0.5) is 14.5 Å². The Morgan fingerprint density at radius 1 is 1.35 bits per heavy atom. The number of aryl methyl sites for hydroxylation is 1. The number of aliphatic hydroxyl groups excluding tert-OH is 1. The summed E-state index contributed by atoms with van der Waals surface area (Å²) >= 11 is 0. The highest BCUT2D eigenvalue weighted by molar-refractivity contribution is 5.92. The van der Waals surface area contributed by atoms with Gasteiger partial charge in [0.15, 0.2) is 0 Å². The minimum atomic E-state index is -2.53. The fraction of sp³-hybridized carbons (Fsp3) is 0.500. The third-order valence-corrected chi connectivity index (χ3v) is 2.83. The molecule has 1 amide bonds. The number of carbonyl (C=O) groups excluding carboxylic acids is 1. The van der Waals surface area contributed by atoms with Crippen molar-refractivity contribution in [3.8, 4) is 0 Å². The number of benzene rings is 1. The van der Waals surface area contributed by atoms with Gasteiger partial charge < -0.3 is 10.4 Å². The van der Waals surface area contributed by atoms with Crippen molar-refractivity contribution >= 4 is 11.6 Å². The molecule has 0 aliphatic rings. The van der Waals surface area contributed by atoms with E-state index < -0.39 is 13.0 Å². The summed E-state index contributed by atoms with van der Waals surface area (Å²) in [7, 11) is 0. The zero-order valence-electron chi connectivity index (χ0n) is 11.5. The molecule has 0 spiro atoms. The van der Waals surface area contributed by atoms with Gasteiger partial charge in [0.25, 0.3) is 6.43 Å². The summed E-state index contributed by atoms with van der Waals surface area (Å²) in [6.07, 6.45) is -1.62. The second-order valence-electron chi connectivity index (χ2n) is 4.45. The molecule has 0 aromatic heterocycles. The van der Waals surface area contributed by atoms with E-state index in [0.29, 0.717) is 5.69 Å². The Bertz CT molecular complexity index is 410.